The number of ether oxygens (including phenoxy) is 2. The molecule has 0 fully saturated rings. The number of hydrogen-bond donors (Lipinski definition) is 1. The maximum absolute atomic E-state index is 11.7. The van der Waals surface area contributed by atoms with Crippen molar-refractivity contribution in [3.63, 3.8) is 0 Å². The van der Waals surface area contributed by atoms with Crippen molar-refractivity contribution in [1.82, 2.24) is 10.3 Å². The molecular formula is C15H15N3O3S. The number of carbonyl (C=O) groups excluding carboxylic acids is 1. The maximum atomic E-state index is 11.7. The first kappa shape index (κ1) is 15.8. The summed E-state index contributed by atoms with van der Waals surface area (Å²) in [5.41, 5.74) is 3.19. The van der Waals surface area contributed by atoms with Crippen molar-refractivity contribution >= 4 is 17.2 Å². The van der Waals surface area contributed by atoms with Gasteiger partial charge in [0.25, 0.3) is 5.91 Å². The summed E-state index contributed by atoms with van der Waals surface area (Å²) in [4.78, 5) is 15.9. The van der Waals surface area contributed by atoms with Crippen LogP contribution in [-0.2, 0) is 11.2 Å². The summed E-state index contributed by atoms with van der Waals surface area (Å²) in [7, 11) is 1.48. The van der Waals surface area contributed by atoms with Crippen LogP contribution in [0.3, 0.4) is 0 Å². The van der Waals surface area contributed by atoms with E-state index in [0.717, 1.165) is 5.69 Å². The van der Waals surface area contributed by atoms with Crippen molar-refractivity contribution in [2.24, 2.45) is 0 Å². The summed E-state index contributed by atoms with van der Waals surface area (Å²) in [5, 5.41) is 13.5. The minimum absolute atomic E-state index is 0.112. The molecule has 1 aromatic carbocycles. The van der Waals surface area contributed by atoms with Crippen molar-refractivity contribution in [1.29, 1.82) is 5.26 Å². The molecule has 1 heterocycles. The van der Waals surface area contributed by atoms with Crippen LogP contribution in [0.5, 0.6) is 11.5 Å². The standard InChI is InChI=1S/C15H15N3O3S/c1-20-14-6-11(7-16)2-3-13(14)21-8-15(19)17-5-4-12-9-22-10-18-12/h2-3,6,9-10H,4-5,8H2,1H3,(H,17,19). The fourth-order valence-corrected chi connectivity index (χ4v) is 2.33. The third-order valence-corrected chi connectivity index (χ3v) is 3.47. The van der Waals surface area contributed by atoms with Crippen LogP contribution in [-0.4, -0.2) is 31.2 Å². The maximum Gasteiger partial charge on any atom is 0.257 e. The first-order valence-corrected chi connectivity index (χ1v) is 7.52. The minimum Gasteiger partial charge on any atom is -0.493 e. The highest BCUT2D eigenvalue weighted by molar-refractivity contribution is 7.07. The lowest BCUT2D eigenvalue weighted by Crippen LogP contribution is -2.30. The number of methoxy groups -OCH3 is 1. The van der Waals surface area contributed by atoms with Gasteiger partial charge in [-0.1, -0.05) is 0 Å². The van der Waals surface area contributed by atoms with Gasteiger partial charge >= 0.3 is 0 Å². The van der Waals surface area contributed by atoms with Gasteiger partial charge in [0.15, 0.2) is 18.1 Å². The van der Waals surface area contributed by atoms with Gasteiger partial charge in [0, 0.05) is 24.4 Å². The van der Waals surface area contributed by atoms with Gasteiger partial charge in [0.1, 0.15) is 0 Å². The lowest BCUT2D eigenvalue weighted by molar-refractivity contribution is -0.123. The largest absolute Gasteiger partial charge is 0.493 e. The monoisotopic (exact) mass is 317 g/mol. The van der Waals surface area contributed by atoms with Crippen LogP contribution in [0, 0.1) is 11.3 Å². The Balaban J connectivity index is 1.79. The molecule has 0 radical (unpaired) electrons. The van der Waals surface area contributed by atoms with Gasteiger partial charge in [-0.15, -0.1) is 11.3 Å². The zero-order valence-electron chi connectivity index (χ0n) is 12.0. The van der Waals surface area contributed by atoms with Crippen molar-refractivity contribution in [2.45, 2.75) is 6.42 Å². The van der Waals surface area contributed by atoms with Crippen LogP contribution in [0.25, 0.3) is 0 Å². The van der Waals surface area contributed by atoms with Crippen LogP contribution in [0.15, 0.2) is 29.1 Å². The number of aromatic nitrogens is 1. The molecule has 7 heteroatoms. The Morgan fingerprint density at radius 3 is 3.00 bits per heavy atom. The van der Waals surface area contributed by atoms with E-state index in [-0.39, 0.29) is 12.5 Å². The first-order chi connectivity index (χ1) is 10.7. The van der Waals surface area contributed by atoms with E-state index in [1.165, 1.54) is 18.4 Å². The van der Waals surface area contributed by atoms with Crippen LogP contribution in [0.2, 0.25) is 0 Å². The third-order valence-electron chi connectivity index (χ3n) is 2.84. The highest BCUT2D eigenvalue weighted by Crippen LogP contribution is 2.27. The molecule has 0 aliphatic carbocycles. The van der Waals surface area contributed by atoms with E-state index >= 15 is 0 Å². The van der Waals surface area contributed by atoms with E-state index in [1.54, 1.807) is 23.7 Å². The van der Waals surface area contributed by atoms with Gasteiger partial charge in [-0.05, 0) is 12.1 Å². The molecule has 0 spiro atoms. The number of nitrogens with zero attached hydrogens (tertiary/aromatic N) is 2. The minimum atomic E-state index is -0.221. The van der Waals surface area contributed by atoms with E-state index in [1.807, 2.05) is 11.4 Å². The summed E-state index contributed by atoms with van der Waals surface area (Å²) in [6, 6.07) is 6.80. The summed E-state index contributed by atoms with van der Waals surface area (Å²) < 4.78 is 10.6. The number of benzene rings is 1. The van der Waals surface area contributed by atoms with E-state index in [4.69, 9.17) is 14.7 Å². The summed E-state index contributed by atoms with van der Waals surface area (Å²) in [6.45, 7) is 0.399. The van der Waals surface area contributed by atoms with Crippen LogP contribution < -0.4 is 14.8 Å². The molecule has 1 amide bonds. The molecule has 0 aliphatic heterocycles. The quantitative estimate of drug-likeness (QED) is 0.841. The number of nitrogens with one attached hydrogen (secondary N) is 1. The summed E-state index contributed by atoms with van der Waals surface area (Å²) >= 11 is 1.53. The molecule has 6 nitrogen and oxygen atoms in total. The number of rotatable bonds is 7. The molecule has 0 aliphatic rings. The second kappa shape index (κ2) is 8.00. The van der Waals surface area contributed by atoms with Crippen LogP contribution in [0.4, 0.5) is 0 Å². The topological polar surface area (TPSA) is 84.2 Å². The normalized spacial score (nSPS) is 9.82. The molecular weight excluding hydrogens is 302 g/mol. The molecule has 0 saturated carbocycles. The van der Waals surface area contributed by atoms with Crippen molar-refractivity contribution in [3.8, 4) is 17.6 Å². The van der Waals surface area contributed by atoms with Gasteiger partial charge in [0.05, 0.1) is 29.9 Å². The van der Waals surface area contributed by atoms with Crippen LogP contribution in [0.1, 0.15) is 11.3 Å². The Morgan fingerprint density at radius 1 is 1.45 bits per heavy atom. The SMILES string of the molecule is COc1cc(C#N)ccc1OCC(=O)NCCc1cscn1. The third kappa shape index (κ3) is 4.46. The fourth-order valence-electron chi connectivity index (χ4n) is 1.74. The average molecular weight is 317 g/mol. The van der Waals surface area contributed by atoms with Crippen molar-refractivity contribution < 1.29 is 14.3 Å². The van der Waals surface area contributed by atoms with Gasteiger partial charge in [-0.3, -0.25) is 4.79 Å². The number of hydrogen-bond acceptors (Lipinski definition) is 6. The van der Waals surface area contributed by atoms with Gasteiger partial charge < -0.3 is 14.8 Å². The zero-order valence-corrected chi connectivity index (χ0v) is 12.9. The number of carbonyl (C=O) groups is 1. The second-order valence-corrected chi connectivity index (χ2v) is 5.06. The predicted molar refractivity (Wildman–Crippen MR) is 82.0 cm³/mol. The summed E-state index contributed by atoms with van der Waals surface area (Å²) in [5.74, 6) is 0.632. The van der Waals surface area contributed by atoms with E-state index in [2.05, 4.69) is 10.3 Å². The highest BCUT2D eigenvalue weighted by atomic mass is 32.1. The Kier molecular flexibility index (Phi) is 5.74. The molecule has 22 heavy (non-hydrogen) atoms. The van der Waals surface area contributed by atoms with Gasteiger partial charge in [-0.25, -0.2) is 4.98 Å². The molecule has 2 aromatic rings. The Hall–Kier alpha value is -2.59. The fraction of sp³-hybridized carbons (Fsp3) is 0.267. The Morgan fingerprint density at radius 2 is 2.32 bits per heavy atom. The van der Waals surface area contributed by atoms with Crippen molar-refractivity contribution in [3.05, 3.63) is 40.3 Å². The number of amides is 1. The highest BCUT2D eigenvalue weighted by Gasteiger charge is 2.08. The van der Waals surface area contributed by atoms with Crippen molar-refractivity contribution in [2.75, 3.05) is 20.3 Å². The lowest BCUT2D eigenvalue weighted by atomic mass is 10.2. The molecule has 0 bridgehead atoms. The second-order valence-electron chi connectivity index (χ2n) is 4.35. The Labute approximate surface area is 132 Å². The van der Waals surface area contributed by atoms with Crippen LogP contribution >= 0.6 is 11.3 Å². The molecule has 0 saturated heterocycles. The lowest BCUT2D eigenvalue weighted by Gasteiger charge is -2.10. The average Bonchev–Trinajstić information content (AvgIpc) is 3.06. The molecule has 2 rings (SSSR count). The molecule has 1 N–H and O–H groups in total. The number of thiazole rings is 1. The first-order valence-electron chi connectivity index (χ1n) is 6.57. The predicted octanol–water partition coefficient (Wildman–Crippen LogP) is 1.76. The molecule has 0 atom stereocenters. The molecule has 114 valence electrons. The zero-order chi connectivity index (χ0) is 15.8. The van der Waals surface area contributed by atoms with E-state index < -0.39 is 0 Å². The van der Waals surface area contributed by atoms with E-state index in [9.17, 15) is 4.79 Å². The molecule has 1 aromatic heterocycles. The number of nitriles is 1. The summed E-state index contributed by atoms with van der Waals surface area (Å²) in [6.07, 6.45) is 0.690. The van der Waals surface area contributed by atoms with Gasteiger partial charge in [0.2, 0.25) is 0 Å². The van der Waals surface area contributed by atoms with Gasteiger partial charge in [-0.2, -0.15) is 5.26 Å². The van der Waals surface area contributed by atoms with E-state index in [0.29, 0.717) is 30.0 Å². The smallest absolute Gasteiger partial charge is 0.257 e. The molecule has 0 unspecified atom stereocenters. The Bertz CT molecular complexity index is 665.